The number of primary sulfonamides is 1. The number of carbonyl (C=O) groups is 1. The second kappa shape index (κ2) is 7.62. The Balaban J connectivity index is 2.17. The van der Waals surface area contributed by atoms with Crippen molar-refractivity contribution in [3.8, 4) is 0 Å². The number of anilines is 2. The van der Waals surface area contributed by atoms with Gasteiger partial charge in [0.2, 0.25) is 15.9 Å². The average molecular weight is 365 g/mol. The molecular weight excluding hydrogens is 345 g/mol. The van der Waals surface area contributed by atoms with Crippen LogP contribution in [0.4, 0.5) is 15.8 Å². The fourth-order valence-electron chi connectivity index (χ4n) is 2.34. The van der Waals surface area contributed by atoms with Crippen LogP contribution in [0, 0.1) is 5.82 Å². The van der Waals surface area contributed by atoms with Crippen LogP contribution in [0.1, 0.15) is 12.0 Å². The lowest BCUT2D eigenvalue weighted by Gasteiger charge is -2.18. The second-order valence-electron chi connectivity index (χ2n) is 5.76. The lowest BCUT2D eigenvalue weighted by atomic mass is 10.1. The van der Waals surface area contributed by atoms with Crippen LogP contribution in [0.25, 0.3) is 0 Å². The van der Waals surface area contributed by atoms with E-state index in [9.17, 15) is 17.6 Å². The van der Waals surface area contributed by atoms with Crippen LogP contribution >= 0.6 is 0 Å². The van der Waals surface area contributed by atoms with Crippen LogP contribution in [0.5, 0.6) is 0 Å². The zero-order valence-corrected chi connectivity index (χ0v) is 14.8. The van der Waals surface area contributed by atoms with Crippen LogP contribution in [-0.2, 0) is 21.2 Å². The van der Waals surface area contributed by atoms with Gasteiger partial charge in [-0.2, -0.15) is 0 Å². The van der Waals surface area contributed by atoms with Gasteiger partial charge in [0, 0.05) is 20.5 Å². The summed E-state index contributed by atoms with van der Waals surface area (Å²) in [6, 6.07) is 10.5. The molecule has 0 aliphatic heterocycles. The maximum atomic E-state index is 13.6. The molecule has 0 unspecified atom stereocenters. The third-order valence-electron chi connectivity index (χ3n) is 3.63. The number of rotatable bonds is 6. The number of nitrogens with one attached hydrogen (secondary N) is 1. The number of aryl methyl sites for hydroxylation is 1. The molecule has 134 valence electrons. The zero-order valence-electron chi connectivity index (χ0n) is 14.0. The van der Waals surface area contributed by atoms with Gasteiger partial charge in [-0.05, 0) is 36.2 Å². The third kappa shape index (κ3) is 5.01. The number of hydrogen-bond donors (Lipinski definition) is 2. The predicted molar refractivity (Wildman–Crippen MR) is 95.5 cm³/mol. The molecule has 0 bridgehead atoms. The molecule has 0 spiro atoms. The van der Waals surface area contributed by atoms with Crippen molar-refractivity contribution in [2.45, 2.75) is 17.7 Å². The Bertz CT molecular complexity index is 882. The number of benzene rings is 2. The summed E-state index contributed by atoms with van der Waals surface area (Å²) in [4.78, 5) is 13.8. The average Bonchev–Trinajstić information content (AvgIpc) is 2.53. The topological polar surface area (TPSA) is 92.5 Å². The molecule has 0 fully saturated rings. The molecule has 0 aromatic heterocycles. The van der Waals surface area contributed by atoms with Crippen LogP contribution in [0.3, 0.4) is 0 Å². The minimum atomic E-state index is -3.88. The van der Waals surface area contributed by atoms with E-state index in [-0.39, 0.29) is 29.5 Å². The maximum Gasteiger partial charge on any atom is 0.238 e. The Labute approximate surface area is 146 Å². The molecule has 3 N–H and O–H groups in total. The molecule has 0 saturated carbocycles. The van der Waals surface area contributed by atoms with Crippen molar-refractivity contribution in [1.82, 2.24) is 0 Å². The molecule has 2 aromatic rings. The minimum absolute atomic E-state index is 0.0629. The summed E-state index contributed by atoms with van der Waals surface area (Å²) < 4.78 is 36.6. The van der Waals surface area contributed by atoms with Crippen LogP contribution < -0.4 is 15.4 Å². The van der Waals surface area contributed by atoms with Crippen LogP contribution in [0.15, 0.2) is 47.4 Å². The molecular formula is C17H20FN3O3S. The standard InChI is InChI=1S/C17H20FN3O3S/c1-21(2)16-9-8-13(25(19,23)24)11-15(16)20-17(22)10-7-12-5-3-4-6-14(12)18/h3-6,8-9,11H,7,10H2,1-2H3,(H,20,22)(H2,19,23,24). The third-order valence-corrected chi connectivity index (χ3v) is 4.54. The Morgan fingerprint density at radius 1 is 1.20 bits per heavy atom. The Morgan fingerprint density at radius 3 is 2.48 bits per heavy atom. The molecule has 0 radical (unpaired) electrons. The van der Waals surface area contributed by atoms with Gasteiger partial charge < -0.3 is 10.2 Å². The number of nitrogens with zero attached hydrogens (tertiary/aromatic N) is 1. The van der Waals surface area contributed by atoms with E-state index in [2.05, 4.69) is 5.32 Å². The van der Waals surface area contributed by atoms with Gasteiger partial charge in [-0.15, -0.1) is 0 Å². The highest BCUT2D eigenvalue weighted by atomic mass is 32.2. The van der Waals surface area contributed by atoms with Gasteiger partial charge in [0.15, 0.2) is 0 Å². The van der Waals surface area contributed by atoms with E-state index >= 15 is 0 Å². The van der Waals surface area contributed by atoms with E-state index in [0.717, 1.165) is 0 Å². The Kier molecular flexibility index (Phi) is 5.76. The number of carbonyl (C=O) groups excluding carboxylic acids is 1. The van der Waals surface area contributed by atoms with E-state index in [1.165, 1.54) is 18.2 Å². The highest BCUT2D eigenvalue weighted by Crippen LogP contribution is 2.27. The summed E-state index contributed by atoms with van der Waals surface area (Å²) >= 11 is 0. The van der Waals surface area contributed by atoms with E-state index in [1.807, 2.05) is 0 Å². The normalized spacial score (nSPS) is 11.2. The molecule has 6 nitrogen and oxygen atoms in total. The molecule has 0 aliphatic rings. The summed E-state index contributed by atoms with van der Waals surface area (Å²) in [7, 11) is -0.354. The first kappa shape index (κ1) is 18.9. The summed E-state index contributed by atoms with van der Waals surface area (Å²) in [5.41, 5.74) is 1.41. The molecule has 1 amide bonds. The van der Waals surface area contributed by atoms with Gasteiger partial charge in [-0.25, -0.2) is 17.9 Å². The van der Waals surface area contributed by atoms with E-state index in [0.29, 0.717) is 16.9 Å². The van der Waals surface area contributed by atoms with E-state index in [1.54, 1.807) is 43.3 Å². The maximum absolute atomic E-state index is 13.6. The quantitative estimate of drug-likeness (QED) is 0.820. The summed E-state index contributed by atoms with van der Waals surface area (Å²) in [5.74, 6) is -0.710. The molecule has 0 atom stereocenters. The number of halogens is 1. The SMILES string of the molecule is CN(C)c1ccc(S(N)(=O)=O)cc1NC(=O)CCc1ccccc1F. The molecule has 0 heterocycles. The van der Waals surface area contributed by atoms with Gasteiger partial charge in [-0.3, -0.25) is 4.79 Å². The lowest BCUT2D eigenvalue weighted by Crippen LogP contribution is -2.19. The van der Waals surface area contributed by atoms with Gasteiger partial charge in [0.25, 0.3) is 0 Å². The van der Waals surface area contributed by atoms with Crippen molar-refractivity contribution in [3.63, 3.8) is 0 Å². The molecule has 25 heavy (non-hydrogen) atoms. The van der Waals surface area contributed by atoms with Crippen molar-refractivity contribution in [2.24, 2.45) is 5.14 Å². The number of sulfonamides is 1. The van der Waals surface area contributed by atoms with Crippen molar-refractivity contribution in [1.29, 1.82) is 0 Å². The first-order valence-electron chi connectivity index (χ1n) is 7.56. The van der Waals surface area contributed by atoms with E-state index < -0.39 is 10.0 Å². The summed E-state index contributed by atoms with van der Waals surface area (Å²) in [6.07, 6.45) is 0.304. The van der Waals surface area contributed by atoms with Gasteiger partial charge in [0.05, 0.1) is 16.3 Å². The van der Waals surface area contributed by atoms with E-state index in [4.69, 9.17) is 5.14 Å². The minimum Gasteiger partial charge on any atom is -0.376 e. The van der Waals surface area contributed by atoms with Crippen molar-refractivity contribution >= 4 is 27.3 Å². The smallest absolute Gasteiger partial charge is 0.238 e. The Morgan fingerprint density at radius 2 is 1.88 bits per heavy atom. The monoisotopic (exact) mass is 365 g/mol. The molecule has 2 aromatic carbocycles. The number of amides is 1. The highest BCUT2D eigenvalue weighted by molar-refractivity contribution is 7.89. The van der Waals surface area contributed by atoms with Crippen molar-refractivity contribution < 1.29 is 17.6 Å². The fraction of sp³-hybridized carbons (Fsp3) is 0.235. The van der Waals surface area contributed by atoms with Crippen molar-refractivity contribution in [3.05, 3.63) is 53.8 Å². The fourth-order valence-corrected chi connectivity index (χ4v) is 2.88. The van der Waals surface area contributed by atoms with Gasteiger partial charge in [-0.1, -0.05) is 18.2 Å². The first-order valence-corrected chi connectivity index (χ1v) is 9.10. The summed E-state index contributed by atoms with van der Waals surface area (Å²) in [6.45, 7) is 0. The first-order chi connectivity index (χ1) is 11.7. The second-order valence-corrected chi connectivity index (χ2v) is 7.32. The Hall–Kier alpha value is -2.45. The van der Waals surface area contributed by atoms with Gasteiger partial charge in [0.1, 0.15) is 5.82 Å². The lowest BCUT2D eigenvalue weighted by molar-refractivity contribution is -0.116. The highest BCUT2D eigenvalue weighted by Gasteiger charge is 2.15. The van der Waals surface area contributed by atoms with Crippen LogP contribution in [-0.4, -0.2) is 28.4 Å². The predicted octanol–water partition coefficient (Wildman–Crippen LogP) is 2.11. The number of nitrogens with two attached hydrogens (primary N) is 1. The van der Waals surface area contributed by atoms with Crippen LogP contribution in [0.2, 0.25) is 0 Å². The largest absolute Gasteiger partial charge is 0.376 e. The molecule has 2 rings (SSSR count). The zero-order chi connectivity index (χ0) is 18.6. The summed E-state index contributed by atoms with van der Waals surface area (Å²) in [5, 5.41) is 7.81. The van der Waals surface area contributed by atoms with Gasteiger partial charge >= 0.3 is 0 Å². The number of hydrogen-bond acceptors (Lipinski definition) is 4. The molecule has 0 aliphatic carbocycles. The molecule has 8 heteroatoms. The van der Waals surface area contributed by atoms with Crippen molar-refractivity contribution in [2.75, 3.05) is 24.3 Å². The molecule has 0 saturated heterocycles.